The van der Waals surface area contributed by atoms with Crippen LogP contribution in [0.2, 0.25) is 0 Å². The fourth-order valence-corrected chi connectivity index (χ4v) is 14.3. The van der Waals surface area contributed by atoms with Crippen LogP contribution < -0.4 is 33.8 Å². The molecule has 1 nitrogen and oxygen atoms in total. The molecule has 3 heterocycles. The molecule has 31 heavy (non-hydrogen) atoms. The molecule has 7 rings (SSSR count). The molecular weight excluding hydrogens is 527 g/mol. The summed E-state index contributed by atoms with van der Waals surface area (Å²) in [7, 11) is -0.450. The number of rotatable bonds is 1. The Morgan fingerprint density at radius 3 is 1.90 bits per heavy atom. The number of aromatic nitrogens is 1. The number of hydrogen-bond donors (Lipinski definition) is 0. The summed E-state index contributed by atoms with van der Waals surface area (Å²) in [6, 6.07) is 36.0. The summed E-state index contributed by atoms with van der Waals surface area (Å²) in [6.07, 6.45) is 0. The summed E-state index contributed by atoms with van der Waals surface area (Å²) in [5.41, 5.74) is 3.43. The average molecular weight is 543 g/mol. The van der Waals surface area contributed by atoms with Crippen molar-refractivity contribution >= 4 is 82.5 Å². The number of fused-ring (bicyclic) bond motifs is 5. The Bertz CT molecular complexity index is 1440. The maximum absolute atomic E-state index is 5.01. The quantitative estimate of drug-likeness (QED) is 0.227. The van der Waals surface area contributed by atoms with Crippen molar-refractivity contribution in [2.75, 3.05) is 0 Å². The van der Waals surface area contributed by atoms with Crippen molar-refractivity contribution in [3.05, 3.63) is 97.1 Å². The molecule has 0 saturated carbocycles. The molecule has 0 aliphatic carbocycles. The van der Waals surface area contributed by atoms with Crippen LogP contribution in [-0.4, -0.2) is 34.9 Å². The summed E-state index contributed by atoms with van der Waals surface area (Å²) in [5.74, 6) is 0. The Morgan fingerprint density at radius 1 is 0.581 bits per heavy atom. The second-order valence-corrected chi connectivity index (χ2v) is 14.3. The van der Waals surface area contributed by atoms with Crippen LogP contribution in [0.3, 0.4) is 0 Å². The number of nitrogens with zero attached hydrogens (tertiary/aromatic N) is 1. The molecule has 0 spiro atoms. The molecule has 2 aliphatic rings. The van der Waals surface area contributed by atoms with Crippen LogP contribution in [0.1, 0.15) is 0 Å². The van der Waals surface area contributed by atoms with Gasteiger partial charge in [-0.05, 0) is 0 Å². The van der Waals surface area contributed by atoms with E-state index in [1.54, 1.807) is 33.8 Å². The maximum atomic E-state index is 5.01. The minimum absolute atomic E-state index is 0.342. The summed E-state index contributed by atoms with van der Waals surface area (Å²) < 4.78 is 6.23. The van der Waals surface area contributed by atoms with E-state index in [1.807, 2.05) is 0 Å². The monoisotopic (exact) mass is 545 g/mol. The van der Waals surface area contributed by atoms with Gasteiger partial charge in [-0.15, -0.1) is 0 Å². The molecule has 1 aromatic heterocycles. The first-order valence-corrected chi connectivity index (χ1v) is 15.0. The summed E-state index contributed by atoms with van der Waals surface area (Å²) in [4.78, 5) is 5.01. The van der Waals surface area contributed by atoms with E-state index in [4.69, 9.17) is 4.98 Å². The standard InChI is InChI=1S/C27H16NPSe2/c1-2-8-19-17(7-1)13-14-20(28-19)18-15-25-27-26(16-18)31-24-12-6-4-10-22(24)29(27)21-9-3-5-11-23(21)30-25/h1-16H. The van der Waals surface area contributed by atoms with Crippen molar-refractivity contribution < 1.29 is 0 Å². The topological polar surface area (TPSA) is 12.9 Å². The third kappa shape index (κ3) is 2.90. The van der Waals surface area contributed by atoms with Crippen LogP contribution in [0.15, 0.2) is 97.1 Å². The van der Waals surface area contributed by atoms with Gasteiger partial charge in [0.2, 0.25) is 0 Å². The van der Waals surface area contributed by atoms with Crippen molar-refractivity contribution in [3.63, 3.8) is 0 Å². The van der Waals surface area contributed by atoms with Gasteiger partial charge in [-0.1, -0.05) is 0 Å². The van der Waals surface area contributed by atoms with Crippen molar-refractivity contribution in [1.29, 1.82) is 0 Å². The molecule has 0 amide bonds. The first-order valence-electron chi connectivity index (χ1n) is 10.2. The number of benzene rings is 4. The third-order valence-corrected chi connectivity index (χ3v) is 14.5. The van der Waals surface area contributed by atoms with Gasteiger partial charge in [0.1, 0.15) is 0 Å². The molecular formula is C27H16NPSe2. The zero-order valence-electron chi connectivity index (χ0n) is 16.4. The van der Waals surface area contributed by atoms with Crippen molar-refractivity contribution in [2.24, 2.45) is 0 Å². The summed E-state index contributed by atoms with van der Waals surface area (Å²) >= 11 is 0.684. The van der Waals surface area contributed by atoms with E-state index in [-0.39, 0.29) is 0 Å². The Hall–Kier alpha value is -2.24. The van der Waals surface area contributed by atoms with Crippen molar-refractivity contribution in [3.8, 4) is 11.3 Å². The summed E-state index contributed by atoms with van der Waals surface area (Å²) in [5, 5.41) is 6.00. The molecule has 0 atom stereocenters. The minimum atomic E-state index is -0.450. The molecule has 5 aromatic rings. The van der Waals surface area contributed by atoms with Crippen molar-refractivity contribution in [2.45, 2.75) is 0 Å². The second-order valence-electron chi connectivity index (χ2n) is 7.69. The van der Waals surface area contributed by atoms with E-state index >= 15 is 0 Å². The van der Waals surface area contributed by atoms with Gasteiger partial charge < -0.3 is 0 Å². The van der Waals surface area contributed by atoms with E-state index in [0.717, 1.165) is 11.2 Å². The molecule has 4 aromatic carbocycles. The van der Waals surface area contributed by atoms with E-state index in [1.165, 1.54) is 10.9 Å². The van der Waals surface area contributed by atoms with E-state index in [9.17, 15) is 0 Å². The second kappa shape index (κ2) is 7.14. The Balaban J connectivity index is 1.47. The molecule has 0 N–H and O–H groups in total. The van der Waals surface area contributed by atoms with Gasteiger partial charge in [0.25, 0.3) is 0 Å². The van der Waals surface area contributed by atoms with E-state index < -0.39 is 7.92 Å². The fraction of sp³-hybridized carbons (Fsp3) is 0. The molecule has 0 fully saturated rings. The Labute approximate surface area is 195 Å². The molecule has 0 saturated heterocycles. The van der Waals surface area contributed by atoms with Crippen LogP contribution in [0, 0.1) is 0 Å². The van der Waals surface area contributed by atoms with E-state index in [2.05, 4.69) is 97.1 Å². The zero-order chi connectivity index (χ0) is 20.4. The van der Waals surface area contributed by atoms with Crippen LogP contribution in [0.25, 0.3) is 22.2 Å². The van der Waals surface area contributed by atoms with Gasteiger partial charge in [-0.25, -0.2) is 0 Å². The molecule has 146 valence electrons. The van der Waals surface area contributed by atoms with Crippen LogP contribution in [-0.2, 0) is 0 Å². The van der Waals surface area contributed by atoms with Gasteiger partial charge in [0.15, 0.2) is 0 Å². The number of hydrogen-bond acceptors (Lipinski definition) is 1. The first-order chi connectivity index (χ1) is 15.3. The summed E-state index contributed by atoms with van der Waals surface area (Å²) in [6.45, 7) is 0. The molecule has 0 radical (unpaired) electrons. The molecule has 0 bridgehead atoms. The van der Waals surface area contributed by atoms with Gasteiger partial charge in [-0.3, -0.25) is 0 Å². The number of para-hydroxylation sites is 1. The predicted molar refractivity (Wildman–Crippen MR) is 136 cm³/mol. The Kier molecular flexibility index (Phi) is 4.23. The van der Waals surface area contributed by atoms with Gasteiger partial charge >= 0.3 is 196 Å². The zero-order valence-corrected chi connectivity index (χ0v) is 20.8. The van der Waals surface area contributed by atoms with Crippen LogP contribution >= 0.6 is 7.92 Å². The molecule has 2 aliphatic heterocycles. The predicted octanol–water partition coefficient (Wildman–Crippen LogP) is 1.60. The van der Waals surface area contributed by atoms with Gasteiger partial charge in [0.05, 0.1) is 0 Å². The normalized spacial score (nSPS) is 14.1. The third-order valence-electron chi connectivity index (χ3n) is 5.81. The number of pyridine rings is 1. The average Bonchev–Trinajstić information content (AvgIpc) is 2.83. The Morgan fingerprint density at radius 2 is 1.19 bits per heavy atom. The van der Waals surface area contributed by atoms with Crippen molar-refractivity contribution in [1.82, 2.24) is 4.98 Å². The van der Waals surface area contributed by atoms with E-state index in [0.29, 0.717) is 29.9 Å². The first kappa shape index (κ1) is 18.3. The molecule has 4 heteroatoms. The fourth-order valence-electron chi connectivity index (χ4n) is 4.40. The molecule has 0 unspecified atom stereocenters. The van der Waals surface area contributed by atoms with Crippen LogP contribution in [0.5, 0.6) is 0 Å². The van der Waals surface area contributed by atoms with Gasteiger partial charge in [-0.2, -0.15) is 0 Å². The van der Waals surface area contributed by atoms with Gasteiger partial charge in [0, 0.05) is 0 Å². The van der Waals surface area contributed by atoms with Crippen LogP contribution in [0.4, 0.5) is 0 Å². The SMILES string of the molecule is c1ccc2c(c1)[Se]c1cc(-c3ccc4ccccc4n3)cc3c1P2c1ccccc1[Se]3.